The summed E-state index contributed by atoms with van der Waals surface area (Å²) in [6.45, 7) is 6.62. The summed E-state index contributed by atoms with van der Waals surface area (Å²) in [6, 6.07) is 2.76. The van der Waals surface area contributed by atoms with Crippen molar-refractivity contribution in [2.24, 2.45) is 5.73 Å². The first kappa shape index (κ1) is 14.8. The van der Waals surface area contributed by atoms with E-state index >= 15 is 0 Å². The van der Waals surface area contributed by atoms with Gasteiger partial charge in [0.15, 0.2) is 0 Å². The Bertz CT molecular complexity index is 393. The van der Waals surface area contributed by atoms with Crippen molar-refractivity contribution < 1.29 is 4.74 Å². The van der Waals surface area contributed by atoms with E-state index in [0.29, 0.717) is 12.6 Å². The minimum atomic E-state index is 0.0442. The van der Waals surface area contributed by atoms with Gasteiger partial charge in [0.25, 0.3) is 0 Å². The van der Waals surface area contributed by atoms with Gasteiger partial charge >= 0.3 is 0 Å². The molecule has 1 aliphatic heterocycles. The first-order valence-electron chi connectivity index (χ1n) is 6.06. The predicted molar refractivity (Wildman–Crippen MR) is 80.4 cm³/mol. The summed E-state index contributed by atoms with van der Waals surface area (Å²) in [5.41, 5.74) is 5.85. The van der Waals surface area contributed by atoms with Crippen LogP contribution < -0.4 is 5.73 Å². The van der Waals surface area contributed by atoms with Crippen LogP contribution in [0.3, 0.4) is 0 Å². The second kappa shape index (κ2) is 6.20. The van der Waals surface area contributed by atoms with E-state index in [4.69, 9.17) is 22.1 Å². The van der Waals surface area contributed by atoms with Crippen molar-refractivity contribution in [3.05, 3.63) is 19.8 Å². The van der Waals surface area contributed by atoms with Crippen molar-refractivity contribution in [2.45, 2.75) is 32.0 Å². The molecular formula is C12H18BrClN2OS. The monoisotopic (exact) mass is 352 g/mol. The molecular weight excluding hydrogens is 336 g/mol. The minimum Gasteiger partial charge on any atom is -0.374 e. The summed E-state index contributed by atoms with van der Waals surface area (Å²) in [6.07, 6.45) is 0.0442. The lowest BCUT2D eigenvalue weighted by molar-refractivity contribution is -0.0777. The number of halogens is 2. The van der Waals surface area contributed by atoms with Crippen molar-refractivity contribution in [1.29, 1.82) is 0 Å². The molecule has 0 amide bonds. The molecule has 2 unspecified atom stereocenters. The number of nitrogens with two attached hydrogens (primary N) is 1. The van der Waals surface area contributed by atoms with Gasteiger partial charge in [-0.15, -0.1) is 11.3 Å². The number of rotatable bonds is 3. The molecule has 1 aromatic heterocycles. The summed E-state index contributed by atoms with van der Waals surface area (Å²) in [4.78, 5) is 3.66. The van der Waals surface area contributed by atoms with Crippen LogP contribution >= 0.6 is 38.9 Å². The van der Waals surface area contributed by atoms with E-state index in [9.17, 15) is 0 Å². The number of hydrogen-bond donors (Lipinski definition) is 1. The molecule has 0 spiro atoms. The van der Waals surface area contributed by atoms with Gasteiger partial charge in [-0.2, -0.15) is 0 Å². The van der Waals surface area contributed by atoms with Crippen LogP contribution in [0, 0.1) is 0 Å². The van der Waals surface area contributed by atoms with Crippen molar-refractivity contribution >= 4 is 38.9 Å². The van der Waals surface area contributed by atoms with E-state index in [1.54, 1.807) is 11.3 Å². The van der Waals surface area contributed by atoms with Crippen molar-refractivity contribution in [3.8, 4) is 0 Å². The van der Waals surface area contributed by atoms with Gasteiger partial charge in [-0.1, -0.05) is 11.6 Å². The highest BCUT2D eigenvalue weighted by molar-refractivity contribution is 9.10. The van der Waals surface area contributed by atoms with Gasteiger partial charge in [-0.25, -0.2) is 0 Å². The molecule has 2 heterocycles. The molecule has 0 bridgehead atoms. The van der Waals surface area contributed by atoms with Crippen LogP contribution in [0.5, 0.6) is 0 Å². The second-order valence-electron chi connectivity index (χ2n) is 4.69. The van der Waals surface area contributed by atoms with Crippen molar-refractivity contribution in [3.63, 3.8) is 0 Å². The number of thiophene rings is 1. The van der Waals surface area contributed by atoms with Gasteiger partial charge in [-0.05, 0) is 35.8 Å². The Morgan fingerprint density at radius 2 is 2.39 bits per heavy atom. The van der Waals surface area contributed by atoms with Crippen molar-refractivity contribution in [1.82, 2.24) is 4.90 Å². The molecule has 1 aliphatic rings. The second-order valence-corrected chi connectivity index (χ2v) is 7.23. The number of ether oxygens (including phenoxy) is 1. The zero-order chi connectivity index (χ0) is 13.3. The summed E-state index contributed by atoms with van der Waals surface area (Å²) < 4.78 is 7.55. The number of hydrogen-bond acceptors (Lipinski definition) is 4. The largest absolute Gasteiger partial charge is 0.374 e. The van der Waals surface area contributed by atoms with E-state index < -0.39 is 0 Å². The molecule has 0 saturated carbocycles. The quantitative estimate of drug-likeness (QED) is 0.906. The van der Waals surface area contributed by atoms with Gasteiger partial charge in [0.05, 0.1) is 18.8 Å². The van der Waals surface area contributed by atoms with Crippen LogP contribution in [0.25, 0.3) is 0 Å². The third-order valence-corrected chi connectivity index (χ3v) is 5.79. The fourth-order valence-corrected chi connectivity index (χ4v) is 4.30. The lowest BCUT2D eigenvalue weighted by atomic mass is 10.0. The van der Waals surface area contributed by atoms with Crippen LogP contribution in [0.1, 0.15) is 24.8 Å². The molecule has 1 saturated heterocycles. The van der Waals surface area contributed by atoms with Gasteiger partial charge in [0, 0.05) is 28.5 Å². The Balaban J connectivity index is 2.33. The molecule has 102 valence electrons. The summed E-state index contributed by atoms with van der Waals surface area (Å²) in [7, 11) is 0. The number of nitrogens with zero attached hydrogens (tertiary/aromatic N) is 1. The fourth-order valence-electron chi connectivity index (χ4n) is 2.39. The summed E-state index contributed by atoms with van der Waals surface area (Å²) in [5, 5.41) is 0. The van der Waals surface area contributed by atoms with Crippen LogP contribution in [0.15, 0.2) is 10.5 Å². The molecule has 2 atom stereocenters. The van der Waals surface area contributed by atoms with E-state index in [1.807, 2.05) is 0 Å². The predicted octanol–water partition coefficient (Wildman–Crippen LogP) is 3.27. The molecule has 0 aromatic carbocycles. The smallest absolute Gasteiger partial charge is 0.107 e. The maximum Gasteiger partial charge on any atom is 0.107 e. The van der Waals surface area contributed by atoms with Crippen LogP contribution in [0.4, 0.5) is 0 Å². The van der Waals surface area contributed by atoms with Gasteiger partial charge in [-0.3, -0.25) is 4.90 Å². The average Bonchev–Trinajstić information content (AvgIpc) is 2.68. The van der Waals surface area contributed by atoms with Gasteiger partial charge < -0.3 is 10.5 Å². The summed E-state index contributed by atoms with van der Waals surface area (Å²) in [5.74, 6) is 0. The van der Waals surface area contributed by atoms with E-state index in [-0.39, 0.29) is 12.1 Å². The van der Waals surface area contributed by atoms with Gasteiger partial charge in [0.2, 0.25) is 0 Å². The van der Waals surface area contributed by atoms with Crippen LogP contribution in [0.2, 0.25) is 4.34 Å². The maximum atomic E-state index is 6.15. The summed E-state index contributed by atoms with van der Waals surface area (Å²) >= 11 is 11.2. The molecule has 3 nitrogen and oxygen atoms in total. The topological polar surface area (TPSA) is 38.5 Å². The Labute approximate surface area is 125 Å². The molecule has 1 aromatic rings. The lowest BCUT2D eigenvalue weighted by Gasteiger charge is -2.42. The zero-order valence-corrected chi connectivity index (χ0v) is 13.7. The number of morpholine rings is 1. The minimum absolute atomic E-state index is 0.0442. The third kappa shape index (κ3) is 2.92. The molecule has 1 fully saturated rings. The van der Waals surface area contributed by atoms with Crippen LogP contribution in [-0.2, 0) is 4.74 Å². The van der Waals surface area contributed by atoms with Gasteiger partial charge in [0.1, 0.15) is 4.34 Å². The maximum absolute atomic E-state index is 6.15. The highest BCUT2D eigenvalue weighted by Gasteiger charge is 2.35. The molecule has 2 rings (SSSR count). The first-order chi connectivity index (χ1) is 8.54. The zero-order valence-electron chi connectivity index (χ0n) is 10.5. The molecule has 2 N–H and O–H groups in total. The highest BCUT2D eigenvalue weighted by atomic mass is 79.9. The molecule has 18 heavy (non-hydrogen) atoms. The Hall–Kier alpha value is 0.350. The van der Waals surface area contributed by atoms with E-state index in [0.717, 1.165) is 22.0 Å². The van der Waals surface area contributed by atoms with Crippen LogP contribution in [-0.4, -0.2) is 36.7 Å². The standard InChI is InChI=1S/C12H18BrClN2OS/c1-7(2)16-3-4-17-9(6-15)11(16)10-5-8(13)12(14)18-10/h5,7,9,11H,3-4,6,15H2,1-2H3. The fraction of sp³-hybridized carbons (Fsp3) is 0.667. The van der Waals surface area contributed by atoms with E-state index in [2.05, 4.69) is 40.7 Å². The Morgan fingerprint density at radius 3 is 2.89 bits per heavy atom. The lowest BCUT2D eigenvalue weighted by Crippen LogP contribution is -2.50. The first-order valence-corrected chi connectivity index (χ1v) is 8.05. The molecule has 6 heteroatoms. The normalized spacial score (nSPS) is 25.9. The third-order valence-electron chi connectivity index (χ3n) is 3.24. The molecule has 0 aliphatic carbocycles. The SMILES string of the molecule is CC(C)N1CCOC(CN)C1c1cc(Br)c(Cl)s1. The molecule has 0 radical (unpaired) electrons. The van der Waals surface area contributed by atoms with E-state index in [1.165, 1.54) is 4.88 Å². The Kier molecular flexibility index (Phi) is 5.08. The van der Waals surface area contributed by atoms with Crippen molar-refractivity contribution in [2.75, 3.05) is 19.7 Å². The Morgan fingerprint density at radius 1 is 1.67 bits per heavy atom. The highest BCUT2D eigenvalue weighted by Crippen LogP contribution is 2.40. The average molecular weight is 354 g/mol.